The van der Waals surface area contributed by atoms with E-state index in [2.05, 4.69) is 15.5 Å². The van der Waals surface area contributed by atoms with Crippen LogP contribution in [0.5, 0.6) is 11.5 Å². The number of rotatable bonds is 7. The van der Waals surface area contributed by atoms with Gasteiger partial charge in [-0.05, 0) is 38.0 Å². The number of benzene rings is 1. The normalized spacial score (nSPS) is 15.8. The molecule has 3 rings (SSSR count). The zero-order chi connectivity index (χ0) is 20.1. The Kier molecular flexibility index (Phi) is 6.13. The molecular formula is C19H24N4O5. The van der Waals surface area contributed by atoms with Gasteiger partial charge in [-0.2, -0.15) is 4.98 Å². The van der Waals surface area contributed by atoms with Gasteiger partial charge < -0.3 is 24.2 Å². The Morgan fingerprint density at radius 2 is 2.00 bits per heavy atom. The maximum Gasteiger partial charge on any atom is 0.244 e. The summed E-state index contributed by atoms with van der Waals surface area (Å²) in [5.74, 6) is 2.29. The number of amides is 2. The molecule has 0 aliphatic carbocycles. The minimum Gasteiger partial charge on any atom is -0.493 e. The Balaban J connectivity index is 1.65. The quantitative estimate of drug-likeness (QED) is 0.718. The fourth-order valence-electron chi connectivity index (χ4n) is 3.29. The lowest BCUT2D eigenvalue weighted by Gasteiger charge is -2.32. The van der Waals surface area contributed by atoms with Crippen molar-refractivity contribution in [2.45, 2.75) is 31.7 Å². The Hall–Kier alpha value is -3.10. The largest absolute Gasteiger partial charge is 0.493 e. The standard InChI is InChI=1S/C19H24N4O5/c1-12(20-11-24)19(25)23-8-6-13(7-9-23)18-21-17(22-28-18)14-4-5-15(26-2)16(10-14)27-3/h4-5,10-13H,6-9H2,1-3H3,(H,20,24). The van der Waals surface area contributed by atoms with Crippen LogP contribution in [-0.2, 0) is 9.59 Å². The predicted octanol–water partition coefficient (Wildman–Crippen LogP) is 1.59. The average Bonchev–Trinajstić information content (AvgIpc) is 3.23. The van der Waals surface area contributed by atoms with Crippen LogP contribution in [0.25, 0.3) is 11.4 Å². The number of carbonyl (C=O) groups is 2. The third kappa shape index (κ3) is 4.08. The Bertz CT molecular complexity index is 829. The first-order chi connectivity index (χ1) is 13.6. The van der Waals surface area contributed by atoms with Crippen molar-refractivity contribution < 1.29 is 23.6 Å². The second kappa shape index (κ2) is 8.73. The molecule has 1 aromatic carbocycles. The summed E-state index contributed by atoms with van der Waals surface area (Å²) in [6.45, 7) is 2.85. The number of piperidine rings is 1. The summed E-state index contributed by atoms with van der Waals surface area (Å²) < 4.78 is 16.0. The van der Waals surface area contributed by atoms with Crippen LogP contribution in [-0.4, -0.2) is 60.7 Å². The van der Waals surface area contributed by atoms with Crippen LogP contribution in [0.2, 0.25) is 0 Å². The summed E-state index contributed by atoms with van der Waals surface area (Å²) in [6.07, 6.45) is 2.00. The van der Waals surface area contributed by atoms with E-state index in [-0.39, 0.29) is 11.8 Å². The highest BCUT2D eigenvalue weighted by Crippen LogP contribution is 2.33. The first kappa shape index (κ1) is 19.7. The summed E-state index contributed by atoms with van der Waals surface area (Å²) in [5.41, 5.74) is 0.772. The number of ether oxygens (including phenoxy) is 2. The molecule has 0 radical (unpaired) electrons. The number of methoxy groups -OCH3 is 2. The van der Waals surface area contributed by atoms with Crippen LogP contribution in [0.4, 0.5) is 0 Å². The van der Waals surface area contributed by atoms with Gasteiger partial charge in [0.2, 0.25) is 24.0 Å². The number of likely N-dealkylation sites (tertiary alicyclic amines) is 1. The lowest BCUT2D eigenvalue weighted by atomic mass is 9.96. The first-order valence-electron chi connectivity index (χ1n) is 9.11. The third-order valence-corrected chi connectivity index (χ3v) is 4.93. The molecule has 9 heteroatoms. The van der Waals surface area contributed by atoms with Gasteiger partial charge in [0.25, 0.3) is 0 Å². The summed E-state index contributed by atoms with van der Waals surface area (Å²) in [6, 6.07) is 4.92. The van der Waals surface area contributed by atoms with Crippen LogP contribution in [0, 0.1) is 0 Å². The lowest BCUT2D eigenvalue weighted by molar-refractivity contribution is -0.135. The fraction of sp³-hybridized carbons (Fsp3) is 0.474. The average molecular weight is 388 g/mol. The first-order valence-corrected chi connectivity index (χ1v) is 9.11. The molecule has 1 aliphatic heterocycles. The van der Waals surface area contributed by atoms with Crippen LogP contribution < -0.4 is 14.8 Å². The zero-order valence-electron chi connectivity index (χ0n) is 16.2. The van der Waals surface area contributed by atoms with Gasteiger partial charge in [-0.3, -0.25) is 9.59 Å². The molecule has 1 atom stereocenters. The molecule has 2 amide bonds. The van der Waals surface area contributed by atoms with Gasteiger partial charge in [-0.1, -0.05) is 5.16 Å². The minimum absolute atomic E-state index is 0.0814. The van der Waals surface area contributed by atoms with Crippen molar-refractivity contribution in [2.24, 2.45) is 0 Å². The highest BCUT2D eigenvalue weighted by atomic mass is 16.5. The summed E-state index contributed by atoms with van der Waals surface area (Å²) in [4.78, 5) is 29.1. The van der Waals surface area contributed by atoms with E-state index in [1.165, 1.54) is 0 Å². The highest BCUT2D eigenvalue weighted by molar-refractivity contribution is 5.83. The molecule has 1 saturated heterocycles. The van der Waals surface area contributed by atoms with Crippen LogP contribution in [0.3, 0.4) is 0 Å². The van der Waals surface area contributed by atoms with Gasteiger partial charge in [0.15, 0.2) is 11.5 Å². The van der Waals surface area contributed by atoms with Crippen molar-refractivity contribution in [3.05, 3.63) is 24.1 Å². The molecule has 1 aromatic heterocycles. The second-order valence-electron chi connectivity index (χ2n) is 6.63. The van der Waals surface area contributed by atoms with E-state index in [0.29, 0.717) is 42.7 Å². The van der Waals surface area contributed by atoms with E-state index in [1.807, 2.05) is 6.07 Å². The predicted molar refractivity (Wildman–Crippen MR) is 100 cm³/mol. The van der Waals surface area contributed by atoms with Crippen molar-refractivity contribution >= 4 is 12.3 Å². The maximum atomic E-state index is 12.3. The van der Waals surface area contributed by atoms with Crippen molar-refractivity contribution in [3.8, 4) is 22.9 Å². The van der Waals surface area contributed by atoms with Crippen molar-refractivity contribution in [1.82, 2.24) is 20.4 Å². The monoisotopic (exact) mass is 388 g/mol. The van der Waals surface area contributed by atoms with Crippen LogP contribution >= 0.6 is 0 Å². The van der Waals surface area contributed by atoms with Crippen molar-refractivity contribution in [2.75, 3.05) is 27.3 Å². The van der Waals surface area contributed by atoms with Crippen LogP contribution in [0.15, 0.2) is 22.7 Å². The number of nitrogens with one attached hydrogen (secondary N) is 1. The van der Waals surface area contributed by atoms with E-state index >= 15 is 0 Å². The number of aromatic nitrogens is 2. The molecule has 1 fully saturated rings. The lowest BCUT2D eigenvalue weighted by Crippen LogP contribution is -2.47. The van der Waals surface area contributed by atoms with Crippen LogP contribution in [0.1, 0.15) is 31.6 Å². The van der Waals surface area contributed by atoms with Gasteiger partial charge in [0, 0.05) is 24.6 Å². The molecular weight excluding hydrogens is 364 g/mol. The van der Waals surface area contributed by atoms with Crippen molar-refractivity contribution in [3.63, 3.8) is 0 Å². The van der Waals surface area contributed by atoms with E-state index in [9.17, 15) is 9.59 Å². The number of carbonyl (C=O) groups excluding carboxylic acids is 2. The Labute approximate surface area is 163 Å². The van der Waals surface area contributed by atoms with E-state index in [0.717, 1.165) is 18.4 Å². The maximum absolute atomic E-state index is 12.3. The third-order valence-electron chi connectivity index (χ3n) is 4.93. The van der Waals surface area contributed by atoms with Gasteiger partial charge in [-0.25, -0.2) is 0 Å². The molecule has 1 unspecified atom stereocenters. The fourth-order valence-corrected chi connectivity index (χ4v) is 3.29. The number of hydrogen-bond acceptors (Lipinski definition) is 7. The Morgan fingerprint density at radius 1 is 1.29 bits per heavy atom. The van der Waals surface area contributed by atoms with E-state index < -0.39 is 6.04 Å². The Morgan fingerprint density at radius 3 is 2.64 bits per heavy atom. The molecule has 2 aromatic rings. The van der Waals surface area contributed by atoms with Gasteiger partial charge in [-0.15, -0.1) is 0 Å². The molecule has 0 saturated carbocycles. The summed E-state index contributed by atoms with van der Waals surface area (Å²) in [5, 5.41) is 6.58. The molecule has 1 aliphatic rings. The summed E-state index contributed by atoms with van der Waals surface area (Å²) in [7, 11) is 3.15. The molecule has 150 valence electrons. The summed E-state index contributed by atoms with van der Waals surface area (Å²) >= 11 is 0. The van der Waals surface area contributed by atoms with Crippen molar-refractivity contribution in [1.29, 1.82) is 0 Å². The molecule has 0 spiro atoms. The molecule has 28 heavy (non-hydrogen) atoms. The SMILES string of the molecule is COc1ccc(-c2noc(C3CCN(C(=O)C(C)NC=O)CC3)n2)cc1OC. The number of nitrogens with zero attached hydrogens (tertiary/aromatic N) is 3. The van der Waals surface area contributed by atoms with Gasteiger partial charge >= 0.3 is 0 Å². The second-order valence-corrected chi connectivity index (χ2v) is 6.63. The molecule has 9 nitrogen and oxygen atoms in total. The molecule has 0 bridgehead atoms. The highest BCUT2D eigenvalue weighted by Gasteiger charge is 2.29. The zero-order valence-corrected chi connectivity index (χ0v) is 16.2. The minimum atomic E-state index is -0.519. The smallest absolute Gasteiger partial charge is 0.244 e. The molecule has 2 heterocycles. The van der Waals surface area contributed by atoms with Gasteiger partial charge in [0.1, 0.15) is 6.04 Å². The number of hydrogen-bond donors (Lipinski definition) is 1. The topological polar surface area (TPSA) is 107 Å². The van der Waals surface area contributed by atoms with Gasteiger partial charge in [0.05, 0.1) is 14.2 Å². The van der Waals surface area contributed by atoms with E-state index in [1.54, 1.807) is 38.2 Å². The molecule has 1 N–H and O–H groups in total. The van der Waals surface area contributed by atoms with E-state index in [4.69, 9.17) is 14.0 Å².